The van der Waals surface area contributed by atoms with Gasteiger partial charge in [0.15, 0.2) is 0 Å². The smallest absolute Gasteiger partial charge is 0.221 e. The number of halogens is 1. The number of carbonyl (C=O) groups excluding carboxylic acids is 1. The van der Waals surface area contributed by atoms with Crippen molar-refractivity contribution in [2.24, 2.45) is 11.8 Å². The molecule has 0 aliphatic rings. The molecule has 11 heavy (non-hydrogen) atoms. The fourth-order valence-corrected chi connectivity index (χ4v) is 1.26. The lowest BCUT2D eigenvalue weighted by molar-refractivity contribution is -0.112. The van der Waals surface area contributed by atoms with Crippen LogP contribution < -0.4 is 0 Å². The van der Waals surface area contributed by atoms with Gasteiger partial charge in [0.25, 0.3) is 0 Å². The molecule has 66 valence electrons. The van der Waals surface area contributed by atoms with Gasteiger partial charge in [-0.05, 0) is 29.9 Å². The molecule has 0 aromatic carbocycles. The van der Waals surface area contributed by atoms with Gasteiger partial charge in [-0.25, -0.2) is 0 Å². The summed E-state index contributed by atoms with van der Waals surface area (Å²) in [5, 5.41) is -0.207. The van der Waals surface area contributed by atoms with Crippen LogP contribution in [0, 0.1) is 11.8 Å². The molecule has 0 heterocycles. The van der Waals surface area contributed by atoms with Crippen LogP contribution >= 0.6 is 11.6 Å². The van der Waals surface area contributed by atoms with Gasteiger partial charge in [-0.3, -0.25) is 4.79 Å². The van der Waals surface area contributed by atoms with Crippen molar-refractivity contribution in [3.8, 4) is 0 Å². The Morgan fingerprint density at radius 2 is 1.82 bits per heavy atom. The molecule has 0 fully saturated rings. The average Bonchev–Trinajstić information content (AvgIpc) is 1.82. The molecule has 0 aliphatic carbocycles. The summed E-state index contributed by atoms with van der Waals surface area (Å²) in [5.74, 6) is 1.17. The van der Waals surface area contributed by atoms with Gasteiger partial charge < -0.3 is 0 Å². The third-order valence-electron chi connectivity index (χ3n) is 1.75. The Labute approximate surface area is 74.1 Å². The van der Waals surface area contributed by atoms with Crippen LogP contribution in [0.3, 0.4) is 0 Å². The summed E-state index contributed by atoms with van der Waals surface area (Å²) in [4.78, 5) is 10.5. The third kappa shape index (κ3) is 7.86. The minimum Gasteiger partial charge on any atom is -0.281 e. The predicted molar refractivity (Wildman–Crippen MR) is 48.7 cm³/mol. The molecule has 0 N–H and O–H groups in total. The van der Waals surface area contributed by atoms with Gasteiger partial charge in [-0.1, -0.05) is 27.2 Å². The molecule has 0 aliphatic heterocycles. The highest BCUT2D eigenvalue weighted by Gasteiger charge is 2.06. The quantitative estimate of drug-likeness (QED) is 0.588. The third-order valence-corrected chi connectivity index (χ3v) is 1.90. The monoisotopic (exact) mass is 176 g/mol. The molecule has 0 saturated heterocycles. The molecular weight excluding hydrogens is 160 g/mol. The van der Waals surface area contributed by atoms with E-state index in [9.17, 15) is 4.79 Å². The fourth-order valence-electron chi connectivity index (χ4n) is 0.994. The molecule has 0 bridgehead atoms. The highest BCUT2D eigenvalue weighted by Crippen LogP contribution is 2.15. The summed E-state index contributed by atoms with van der Waals surface area (Å²) < 4.78 is 0. The van der Waals surface area contributed by atoms with Crippen molar-refractivity contribution < 1.29 is 4.79 Å². The van der Waals surface area contributed by atoms with Gasteiger partial charge in [0, 0.05) is 6.42 Å². The second kappa shape index (κ2) is 5.59. The van der Waals surface area contributed by atoms with Crippen LogP contribution in [0.1, 0.15) is 40.0 Å². The Kier molecular flexibility index (Phi) is 5.57. The van der Waals surface area contributed by atoms with Gasteiger partial charge in [0.2, 0.25) is 5.24 Å². The van der Waals surface area contributed by atoms with Crippen molar-refractivity contribution in [3.63, 3.8) is 0 Å². The molecule has 0 saturated carbocycles. The minimum absolute atomic E-state index is 0.207. The average molecular weight is 177 g/mol. The highest BCUT2D eigenvalue weighted by atomic mass is 35.5. The van der Waals surface area contributed by atoms with Crippen LogP contribution in [0.5, 0.6) is 0 Å². The van der Waals surface area contributed by atoms with Crippen LogP contribution in [-0.2, 0) is 4.79 Å². The molecule has 0 radical (unpaired) electrons. The van der Waals surface area contributed by atoms with E-state index in [2.05, 4.69) is 20.8 Å². The van der Waals surface area contributed by atoms with Crippen molar-refractivity contribution >= 4 is 16.8 Å². The Hall–Kier alpha value is -0.0400. The molecule has 1 unspecified atom stereocenters. The van der Waals surface area contributed by atoms with Crippen molar-refractivity contribution in [3.05, 3.63) is 0 Å². The molecule has 0 aromatic heterocycles. The van der Waals surface area contributed by atoms with Crippen molar-refractivity contribution in [1.29, 1.82) is 0 Å². The van der Waals surface area contributed by atoms with E-state index in [1.54, 1.807) is 0 Å². The SMILES string of the molecule is CC(C)CCC(C)CC(=O)Cl. The maximum Gasteiger partial charge on any atom is 0.221 e. The second-order valence-corrected chi connectivity index (χ2v) is 4.06. The first kappa shape index (κ1) is 11.0. The Morgan fingerprint density at radius 1 is 1.27 bits per heavy atom. The number of hydrogen-bond donors (Lipinski definition) is 0. The molecule has 0 spiro atoms. The Morgan fingerprint density at radius 3 is 2.18 bits per heavy atom. The van der Waals surface area contributed by atoms with E-state index >= 15 is 0 Å². The predicted octanol–water partition coefficient (Wildman–Crippen LogP) is 3.21. The first-order valence-corrected chi connectivity index (χ1v) is 4.58. The number of carbonyl (C=O) groups is 1. The fraction of sp³-hybridized carbons (Fsp3) is 0.889. The molecule has 0 rings (SSSR count). The van der Waals surface area contributed by atoms with Crippen LogP contribution in [-0.4, -0.2) is 5.24 Å². The van der Waals surface area contributed by atoms with E-state index in [4.69, 9.17) is 11.6 Å². The summed E-state index contributed by atoms with van der Waals surface area (Å²) >= 11 is 5.25. The van der Waals surface area contributed by atoms with Crippen molar-refractivity contribution in [2.75, 3.05) is 0 Å². The van der Waals surface area contributed by atoms with Gasteiger partial charge in [0.1, 0.15) is 0 Å². The van der Waals surface area contributed by atoms with E-state index in [0.29, 0.717) is 12.3 Å². The standard InChI is InChI=1S/C9H17ClO/c1-7(2)4-5-8(3)6-9(10)11/h7-8H,4-6H2,1-3H3. The summed E-state index contributed by atoms with van der Waals surface area (Å²) in [6.45, 7) is 6.45. The van der Waals surface area contributed by atoms with Crippen LogP contribution in [0.2, 0.25) is 0 Å². The zero-order valence-corrected chi connectivity index (χ0v) is 8.32. The first-order valence-electron chi connectivity index (χ1n) is 4.20. The lowest BCUT2D eigenvalue weighted by Crippen LogP contribution is -2.01. The minimum atomic E-state index is -0.207. The summed E-state index contributed by atoms with van der Waals surface area (Å²) in [6.07, 6.45) is 2.82. The topological polar surface area (TPSA) is 17.1 Å². The Bertz CT molecular complexity index is 121. The zero-order valence-electron chi connectivity index (χ0n) is 7.56. The van der Waals surface area contributed by atoms with Crippen molar-refractivity contribution in [2.45, 2.75) is 40.0 Å². The van der Waals surface area contributed by atoms with Gasteiger partial charge in [0.05, 0.1) is 0 Å². The van der Waals surface area contributed by atoms with E-state index < -0.39 is 0 Å². The molecule has 0 amide bonds. The van der Waals surface area contributed by atoms with Gasteiger partial charge in [-0.15, -0.1) is 0 Å². The van der Waals surface area contributed by atoms with Gasteiger partial charge in [-0.2, -0.15) is 0 Å². The largest absolute Gasteiger partial charge is 0.281 e. The Balaban J connectivity index is 3.37. The lowest BCUT2D eigenvalue weighted by Gasteiger charge is -2.09. The summed E-state index contributed by atoms with van der Waals surface area (Å²) in [5.41, 5.74) is 0. The molecule has 1 atom stereocenters. The van der Waals surface area contributed by atoms with Gasteiger partial charge >= 0.3 is 0 Å². The maximum atomic E-state index is 10.5. The van der Waals surface area contributed by atoms with Crippen LogP contribution in [0.25, 0.3) is 0 Å². The van der Waals surface area contributed by atoms with Crippen LogP contribution in [0.15, 0.2) is 0 Å². The second-order valence-electron chi connectivity index (χ2n) is 3.64. The van der Waals surface area contributed by atoms with Crippen molar-refractivity contribution in [1.82, 2.24) is 0 Å². The van der Waals surface area contributed by atoms with E-state index in [1.807, 2.05) is 0 Å². The van der Waals surface area contributed by atoms with E-state index in [-0.39, 0.29) is 5.24 Å². The summed E-state index contributed by atoms with van der Waals surface area (Å²) in [7, 11) is 0. The maximum absolute atomic E-state index is 10.5. The zero-order chi connectivity index (χ0) is 8.85. The lowest BCUT2D eigenvalue weighted by atomic mass is 9.97. The first-order chi connectivity index (χ1) is 5.02. The normalized spacial score (nSPS) is 13.5. The molecule has 2 heteroatoms. The van der Waals surface area contributed by atoms with Crippen LogP contribution in [0.4, 0.5) is 0 Å². The number of hydrogen-bond acceptors (Lipinski definition) is 1. The number of rotatable bonds is 5. The molecule has 0 aromatic rings. The van der Waals surface area contributed by atoms with E-state index in [1.165, 1.54) is 6.42 Å². The molecule has 1 nitrogen and oxygen atoms in total. The molecular formula is C9H17ClO. The van der Waals surface area contributed by atoms with E-state index in [0.717, 1.165) is 12.3 Å². The highest BCUT2D eigenvalue weighted by molar-refractivity contribution is 6.63. The summed E-state index contributed by atoms with van der Waals surface area (Å²) in [6, 6.07) is 0.